The number of nitro benzene ring substituents is 2. The number of nitro groups is 2. The molecule has 0 atom stereocenters. The van der Waals surface area contributed by atoms with E-state index < -0.39 is 38.9 Å². The minimum absolute atomic E-state index is 0.0819. The molecule has 0 N–H and O–H groups in total. The number of nitrogens with zero attached hydrogens (tertiary/aromatic N) is 4. The highest BCUT2D eigenvalue weighted by Crippen LogP contribution is 2.30. The van der Waals surface area contributed by atoms with Crippen molar-refractivity contribution >= 4 is 17.3 Å². The van der Waals surface area contributed by atoms with Gasteiger partial charge in [-0.25, -0.2) is 0 Å². The van der Waals surface area contributed by atoms with Crippen molar-refractivity contribution in [3.8, 4) is 0 Å². The molecule has 0 saturated carbocycles. The molecule has 1 amide bonds. The Hall–Kier alpha value is -3.54. The van der Waals surface area contributed by atoms with Crippen LogP contribution >= 0.6 is 0 Å². The van der Waals surface area contributed by atoms with Crippen molar-refractivity contribution < 1.29 is 27.8 Å². The maximum absolute atomic E-state index is 13.0. The molecule has 0 heterocycles. The first-order valence-electron chi connectivity index (χ1n) is 8.92. The predicted molar refractivity (Wildman–Crippen MR) is 104 cm³/mol. The Morgan fingerprint density at radius 2 is 1.55 bits per heavy atom. The molecule has 31 heavy (non-hydrogen) atoms. The van der Waals surface area contributed by atoms with E-state index in [9.17, 15) is 38.2 Å². The average Bonchev–Trinajstić information content (AvgIpc) is 2.69. The molecule has 166 valence electrons. The Balaban J connectivity index is 2.43. The molecule has 0 radical (unpaired) electrons. The van der Waals surface area contributed by atoms with Crippen molar-refractivity contribution in [2.45, 2.75) is 12.7 Å². The molecule has 12 heteroatoms. The third-order valence-corrected chi connectivity index (χ3v) is 4.30. The minimum atomic E-state index is -4.56. The maximum Gasteiger partial charge on any atom is 0.416 e. The molecule has 0 aromatic heterocycles. The third kappa shape index (κ3) is 6.47. The molecule has 0 spiro atoms. The lowest BCUT2D eigenvalue weighted by molar-refractivity contribution is -0.394. The van der Waals surface area contributed by atoms with Crippen molar-refractivity contribution in [1.29, 1.82) is 0 Å². The highest BCUT2D eigenvalue weighted by atomic mass is 19.4. The molecular weight excluding hydrogens is 421 g/mol. The van der Waals surface area contributed by atoms with Crippen molar-refractivity contribution in [2.75, 3.05) is 27.2 Å². The summed E-state index contributed by atoms with van der Waals surface area (Å²) in [5.41, 5.74) is -2.25. The number of rotatable bonds is 8. The normalized spacial score (nSPS) is 11.4. The zero-order valence-electron chi connectivity index (χ0n) is 16.6. The Morgan fingerprint density at radius 1 is 0.968 bits per heavy atom. The Bertz CT molecular complexity index is 962. The minimum Gasteiger partial charge on any atom is -0.333 e. The van der Waals surface area contributed by atoms with E-state index in [1.165, 1.54) is 17.0 Å². The number of amides is 1. The fourth-order valence-corrected chi connectivity index (χ4v) is 2.75. The van der Waals surface area contributed by atoms with Crippen molar-refractivity contribution in [2.24, 2.45) is 0 Å². The summed E-state index contributed by atoms with van der Waals surface area (Å²) in [6.45, 7) is 0.216. The van der Waals surface area contributed by atoms with Crippen molar-refractivity contribution in [3.05, 3.63) is 79.4 Å². The number of hydrogen-bond acceptors (Lipinski definition) is 6. The van der Waals surface area contributed by atoms with Crippen molar-refractivity contribution in [1.82, 2.24) is 9.80 Å². The molecule has 9 nitrogen and oxygen atoms in total. The summed E-state index contributed by atoms with van der Waals surface area (Å²) in [6, 6.07) is 6.99. The molecule has 0 fully saturated rings. The fraction of sp³-hybridized carbons (Fsp3) is 0.316. The number of benzene rings is 2. The number of carbonyl (C=O) groups excluding carboxylic acids is 1. The van der Waals surface area contributed by atoms with Gasteiger partial charge in [0.05, 0.1) is 27.0 Å². The first-order chi connectivity index (χ1) is 14.4. The summed E-state index contributed by atoms with van der Waals surface area (Å²) in [6.07, 6.45) is -4.56. The van der Waals surface area contributed by atoms with E-state index >= 15 is 0 Å². The Morgan fingerprint density at radius 3 is 2.03 bits per heavy atom. The lowest BCUT2D eigenvalue weighted by Gasteiger charge is -2.25. The van der Waals surface area contributed by atoms with Crippen molar-refractivity contribution in [3.63, 3.8) is 0 Å². The van der Waals surface area contributed by atoms with E-state index in [-0.39, 0.29) is 24.2 Å². The second-order valence-corrected chi connectivity index (χ2v) is 6.98. The monoisotopic (exact) mass is 440 g/mol. The van der Waals surface area contributed by atoms with Crippen LogP contribution in [0.25, 0.3) is 0 Å². The molecule has 2 aromatic rings. The number of likely N-dealkylation sites (N-methyl/N-ethyl adjacent to an activating group) is 1. The number of non-ortho nitro benzene ring substituents is 2. The molecular formula is C19H19F3N4O5. The van der Waals surface area contributed by atoms with Crippen LogP contribution in [-0.4, -0.2) is 52.7 Å². The van der Waals surface area contributed by atoms with Crippen LogP contribution in [0.15, 0.2) is 42.5 Å². The van der Waals surface area contributed by atoms with Crippen LogP contribution in [-0.2, 0) is 12.7 Å². The molecule has 2 rings (SSSR count). The topological polar surface area (TPSA) is 110 Å². The van der Waals surface area contributed by atoms with Gasteiger partial charge in [-0.3, -0.25) is 25.0 Å². The molecule has 0 saturated heterocycles. The van der Waals surface area contributed by atoms with E-state index in [1.54, 1.807) is 19.0 Å². The Labute approximate surface area is 175 Å². The van der Waals surface area contributed by atoms with Gasteiger partial charge < -0.3 is 9.80 Å². The summed E-state index contributed by atoms with van der Waals surface area (Å²) in [5, 5.41) is 22.2. The summed E-state index contributed by atoms with van der Waals surface area (Å²) < 4.78 is 39.0. The van der Waals surface area contributed by atoms with Gasteiger partial charge in [0.1, 0.15) is 0 Å². The molecule has 2 aromatic carbocycles. The van der Waals surface area contributed by atoms with E-state index in [1.807, 2.05) is 0 Å². The van der Waals surface area contributed by atoms with Gasteiger partial charge in [0.2, 0.25) is 0 Å². The molecule has 0 unspecified atom stereocenters. The number of carbonyl (C=O) groups is 1. The largest absolute Gasteiger partial charge is 0.416 e. The van der Waals surface area contributed by atoms with Crippen LogP contribution in [0.3, 0.4) is 0 Å². The zero-order chi connectivity index (χ0) is 23.3. The van der Waals surface area contributed by atoms with Crippen LogP contribution < -0.4 is 0 Å². The van der Waals surface area contributed by atoms with Gasteiger partial charge in [-0.15, -0.1) is 0 Å². The maximum atomic E-state index is 13.0. The highest BCUT2D eigenvalue weighted by Gasteiger charge is 2.31. The van der Waals surface area contributed by atoms with Gasteiger partial charge >= 0.3 is 6.18 Å². The van der Waals surface area contributed by atoms with Gasteiger partial charge in [-0.2, -0.15) is 13.2 Å². The summed E-state index contributed by atoms with van der Waals surface area (Å²) in [5.74, 6) is -0.772. The molecule has 0 aliphatic rings. The van der Waals surface area contributed by atoms with Gasteiger partial charge in [0, 0.05) is 31.8 Å². The number of hydrogen-bond donors (Lipinski definition) is 0. The second-order valence-electron chi connectivity index (χ2n) is 6.98. The third-order valence-electron chi connectivity index (χ3n) is 4.30. The second kappa shape index (κ2) is 9.51. The average molecular weight is 440 g/mol. The quantitative estimate of drug-likeness (QED) is 0.457. The van der Waals surface area contributed by atoms with Crippen LogP contribution in [0.4, 0.5) is 24.5 Å². The van der Waals surface area contributed by atoms with E-state index in [0.717, 1.165) is 30.3 Å². The lowest BCUT2D eigenvalue weighted by Crippen LogP contribution is -2.36. The van der Waals surface area contributed by atoms with Gasteiger partial charge in [-0.1, -0.05) is 12.1 Å². The smallest absolute Gasteiger partial charge is 0.333 e. The van der Waals surface area contributed by atoms with Gasteiger partial charge in [-0.05, 0) is 31.8 Å². The zero-order valence-corrected chi connectivity index (χ0v) is 16.6. The van der Waals surface area contributed by atoms with Crippen LogP contribution in [0.5, 0.6) is 0 Å². The van der Waals surface area contributed by atoms with Crippen LogP contribution in [0, 0.1) is 20.2 Å². The summed E-state index contributed by atoms with van der Waals surface area (Å²) in [4.78, 5) is 36.4. The summed E-state index contributed by atoms with van der Waals surface area (Å²) in [7, 11) is 3.45. The van der Waals surface area contributed by atoms with E-state index in [2.05, 4.69) is 0 Å². The Kier molecular flexibility index (Phi) is 7.28. The molecule has 0 aliphatic carbocycles. The van der Waals surface area contributed by atoms with E-state index in [4.69, 9.17) is 0 Å². The van der Waals surface area contributed by atoms with Gasteiger partial charge in [0.15, 0.2) is 0 Å². The molecule has 0 bridgehead atoms. The fourth-order valence-electron chi connectivity index (χ4n) is 2.75. The number of halogens is 3. The lowest BCUT2D eigenvalue weighted by atomic mass is 10.1. The SMILES string of the molecule is CN(C)CCN(Cc1cccc(C(F)(F)F)c1)C(=O)c1cc([N+](=O)[O-])cc([N+](=O)[O-])c1. The predicted octanol–water partition coefficient (Wildman–Crippen LogP) is 3.73. The molecule has 0 aliphatic heterocycles. The highest BCUT2D eigenvalue weighted by molar-refractivity contribution is 5.95. The first kappa shape index (κ1) is 23.7. The summed E-state index contributed by atoms with van der Waals surface area (Å²) >= 11 is 0. The van der Waals surface area contributed by atoms with Crippen LogP contribution in [0.2, 0.25) is 0 Å². The first-order valence-corrected chi connectivity index (χ1v) is 8.92. The van der Waals surface area contributed by atoms with E-state index in [0.29, 0.717) is 6.54 Å². The van der Waals surface area contributed by atoms with Crippen LogP contribution in [0.1, 0.15) is 21.5 Å². The number of alkyl halides is 3. The standard InChI is InChI=1S/C19H19F3N4O5/c1-23(2)6-7-24(12-13-4-3-5-15(8-13)19(20,21)22)18(27)14-9-16(25(28)29)11-17(10-14)26(30)31/h3-5,8-11H,6-7,12H2,1-2H3. The van der Waals surface area contributed by atoms with Gasteiger partial charge in [0.25, 0.3) is 17.3 Å².